The summed E-state index contributed by atoms with van der Waals surface area (Å²) in [4.78, 5) is 13.0. The zero-order valence-electron chi connectivity index (χ0n) is 17.7. The highest BCUT2D eigenvalue weighted by atomic mass is 35.5. The van der Waals surface area contributed by atoms with Crippen LogP contribution in [-0.2, 0) is 6.61 Å². The summed E-state index contributed by atoms with van der Waals surface area (Å²) in [5, 5.41) is 4.56. The first-order chi connectivity index (χ1) is 15.5. The van der Waals surface area contributed by atoms with Gasteiger partial charge in [-0.3, -0.25) is 4.98 Å². The number of halogens is 1. The van der Waals surface area contributed by atoms with Crippen LogP contribution in [0.4, 0.5) is 17.2 Å². The number of fused-ring (bicyclic) bond motifs is 1. The molecule has 0 saturated carbocycles. The van der Waals surface area contributed by atoms with Gasteiger partial charge in [-0.15, -0.1) is 0 Å². The van der Waals surface area contributed by atoms with Crippen LogP contribution >= 0.6 is 11.6 Å². The van der Waals surface area contributed by atoms with Gasteiger partial charge in [-0.25, -0.2) is 9.97 Å². The molecule has 0 aliphatic rings. The Hall–Kier alpha value is -3.82. The predicted molar refractivity (Wildman–Crippen MR) is 129 cm³/mol. The first kappa shape index (κ1) is 21.4. The van der Waals surface area contributed by atoms with E-state index in [1.807, 2.05) is 56.3 Å². The van der Waals surface area contributed by atoms with E-state index in [1.54, 1.807) is 12.3 Å². The minimum absolute atomic E-state index is 0.337. The summed E-state index contributed by atoms with van der Waals surface area (Å²) in [6.45, 7) is 4.24. The van der Waals surface area contributed by atoms with Gasteiger partial charge in [0.25, 0.3) is 0 Å². The van der Waals surface area contributed by atoms with Gasteiger partial charge in [0, 0.05) is 34.4 Å². The Morgan fingerprint density at radius 2 is 1.97 bits per heavy atom. The van der Waals surface area contributed by atoms with Gasteiger partial charge in [0.05, 0.1) is 16.2 Å². The second kappa shape index (κ2) is 9.54. The first-order valence-corrected chi connectivity index (χ1v) is 10.3. The van der Waals surface area contributed by atoms with Gasteiger partial charge < -0.3 is 15.8 Å². The summed E-state index contributed by atoms with van der Waals surface area (Å²) in [5.41, 5.74) is 9.86. The quantitative estimate of drug-likeness (QED) is 0.311. The van der Waals surface area contributed by atoms with Gasteiger partial charge >= 0.3 is 0 Å². The number of nitrogens with zero attached hydrogens (tertiary/aromatic N) is 3. The molecular weight excluding hydrogens is 422 g/mol. The van der Waals surface area contributed by atoms with Crippen molar-refractivity contribution in [2.45, 2.75) is 20.5 Å². The number of hydrogen-bond donors (Lipinski definition) is 2. The van der Waals surface area contributed by atoms with Crippen LogP contribution in [-0.4, -0.2) is 15.0 Å². The van der Waals surface area contributed by atoms with Gasteiger partial charge in [0.15, 0.2) is 0 Å². The Balaban J connectivity index is 1.56. The number of hydrogen-bond acceptors (Lipinski definition) is 6. The van der Waals surface area contributed by atoms with Crippen LogP contribution in [0.2, 0.25) is 5.02 Å². The molecule has 0 unspecified atom stereocenters. The van der Waals surface area contributed by atoms with Crippen molar-refractivity contribution in [3.05, 3.63) is 83.3 Å². The smallest absolute Gasteiger partial charge is 0.141 e. The molecule has 4 rings (SSSR count). The van der Waals surface area contributed by atoms with Crippen molar-refractivity contribution in [2.24, 2.45) is 0 Å². The molecule has 3 N–H and O–H groups in total. The second-order valence-corrected chi connectivity index (χ2v) is 7.72. The van der Waals surface area contributed by atoms with Crippen molar-refractivity contribution in [3.63, 3.8) is 0 Å². The van der Waals surface area contributed by atoms with Crippen LogP contribution in [0, 0.1) is 17.8 Å². The molecule has 4 aromatic rings. The van der Waals surface area contributed by atoms with Gasteiger partial charge in [-0.2, -0.15) is 0 Å². The molecule has 2 aromatic carbocycles. The summed E-state index contributed by atoms with van der Waals surface area (Å²) >= 11 is 6.43. The van der Waals surface area contributed by atoms with E-state index in [0.29, 0.717) is 28.9 Å². The van der Waals surface area contributed by atoms with E-state index in [9.17, 15) is 0 Å². The van der Waals surface area contributed by atoms with Crippen molar-refractivity contribution in [3.8, 4) is 17.6 Å². The summed E-state index contributed by atoms with van der Waals surface area (Å²) in [6.07, 6.45) is 3.23. The van der Waals surface area contributed by atoms with E-state index in [-0.39, 0.29) is 0 Å². The third-order valence-corrected chi connectivity index (χ3v) is 4.85. The third-order valence-electron chi connectivity index (χ3n) is 4.55. The lowest BCUT2D eigenvalue weighted by molar-refractivity contribution is 0.301. The molecule has 2 aromatic heterocycles. The number of nitrogen functional groups attached to an aromatic ring is 1. The van der Waals surface area contributed by atoms with Crippen LogP contribution in [0.25, 0.3) is 10.9 Å². The van der Waals surface area contributed by atoms with Crippen LogP contribution in [0.5, 0.6) is 5.75 Å². The second-order valence-electron chi connectivity index (χ2n) is 7.31. The largest absolute Gasteiger partial charge is 0.486 e. The molecule has 2 heterocycles. The molecule has 0 bridgehead atoms. The molecule has 0 spiro atoms. The number of anilines is 3. The first-order valence-electron chi connectivity index (χ1n) is 9.95. The van der Waals surface area contributed by atoms with E-state index < -0.39 is 0 Å². The SMILES string of the molecule is C[C](C)C#Cc1cc2ncnc(Nc3ccc(OCc4ccccn4)c(Cl)c3)c2cc1N. The van der Waals surface area contributed by atoms with E-state index in [4.69, 9.17) is 22.1 Å². The van der Waals surface area contributed by atoms with E-state index in [0.717, 1.165) is 33.8 Å². The van der Waals surface area contributed by atoms with Crippen LogP contribution < -0.4 is 15.8 Å². The molecular formula is C25H21ClN5O. The lowest BCUT2D eigenvalue weighted by Crippen LogP contribution is -2.00. The molecule has 6 nitrogen and oxygen atoms in total. The molecule has 159 valence electrons. The van der Waals surface area contributed by atoms with Gasteiger partial charge in [-0.1, -0.05) is 29.5 Å². The number of benzene rings is 2. The lowest BCUT2D eigenvalue weighted by Gasteiger charge is -2.12. The molecule has 0 aliphatic heterocycles. The fraction of sp³-hybridized carbons (Fsp3) is 0.120. The number of aromatic nitrogens is 3. The monoisotopic (exact) mass is 442 g/mol. The standard InChI is InChI=1S/C25H21ClN5O/c1-16(2)6-7-17-11-23-20(13-22(17)27)25(30-15-29-23)31-18-8-9-24(21(26)12-18)32-14-19-5-3-4-10-28-19/h3-5,8-13,15H,14,27H2,1-2H3,(H,29,30,31). The summed E-state index contributed by atoms with van der Waals surface area (Å²) < 4.78 is 5.79. The van der Waals surface area contributed by atoms with E-state index in [2.05, 4.69) is 32.1 Å². The van der Waals surface area contributed by atoms with Crippen molar-refractivity contribution < 1.29 is 4.74 Å². The third kappa shape index (κ3) is 5.08. The van der Waals surface area contributed by atoms with Crippen LogP contribution in [0.1, 0.15) is 25.1 Å². The average Bonchev–Trinajstić information content (AvgIpc) is 2.78. The minimum atomic E-state index is 0.337. The zero-order valence-corrected chi connectivity index (χ0v) is 18.4. The maximum absolute atomic E-state index is 6.43. The highest BCUT2D eigenvalue weighted by Gasteiger charge is 2.10. The van der Waals surface area contributed by atoms with Crippen molar-refractivity contribution in [1.82, 2.24) is 15.0 Å². The molecule has 7 heteroatoms. The van der Waals surface area contributed by atoms with Gasteiger partial charge in [0.1, 0.15) is 24.5 Å². The Kier molecular flexibility index (Phi) is 6.39. The minimum Gasteiger partial charge on any atom is -0.486 e. The molecule has 32 heavy (non-hydrogen) atoms. The highest BCUT2D eigenvalue weighted by molar-refractivity contribution is 6.32. The van der Waals surface area contributed by atoms with Gasteiger partial charge in [-0.05, 0) is 56.3 Å². The number of ether oxygens (including phenoxy) is 1. The molecule has 1 radical (unpaired) electrons. The highest BCUT2D eigenvalue weighted by Crippen LogP contribution is 2.31. The van der Waals surface area contributed by atoms with Gasteiger partial charge in [0.2, 0.25) is 0 Å². The van der Waals surface area contributed by atoms with Crippen molar-refractivity contribution in [1.29, 1.82) is 0 Å². The fourth-order valence-corrected chi connectivity index (χ4v) is 3.22. The molecule has 0 atom stereocenters. The number of rotatable bonds is 5. The van der Waals surface area contributed by atoms with Crippen LogP contribution in [0.15, 0.2) is 61.1 Å². The summed E-state index contributed by atoms with van der Waals surface area (Å²) in [5.74, 6) is 8.34. The Labute approximate surface area is 191 Å². The maximum atomic E-state index is 6.43. The molecule has 0 saturated heterocycles. The molecule has 0 amide bonds. The van der Waals surface area contributed by atoms with E-state index in [1.165, 1.54) is 6.33 Å². The fourth-order valence-electron chi connectivity index (χ4n) is 2.99. The lowest BCUT2D eigenvalue weighted by atomic mass is 10.1. The van der Waals surface area contributed by atoms with E-state index >= 15 is 0 Å². The van der Waals surface area contributed by atoms with Crippen molar-refractivity contribution >= 4 is 39.7 Å². The Morgan fingerprint density at radius 3 is 2.72 bits per heavy atom. The number of nitrogens with one attached hydrogen (secondary N) is 1. The Morgan fingerprint density at radius 1 is 1.09 bits per heavy atom. The zero-order chi connectivity index (χ0) is 22.5. The number of nitrogens with two attached hydrogens (primary N) is 1. The summed E-state index contributed by atoms with van der Waals surface area (Å²) in [7, 11) is 0. The maximum Gasteiger partial charge on any atom is 0.141 e. The Bertz CT molecular complexity index is 1310. The van der Waals surface area contributed by atoms with Crippen LogP contribution in [0.3, 0.4) is 0 Å². The number of pyridine rings is 1. The van der Waals surface area contributed by atoms with Crippen molar-refractivity contribution in [2.75, 3.05) is 11.1 Å². The average molecular weight is 443 g/mol. The summed E-state index contributed by atoms with van der Waals surface area (Å²) in [6, 6.07) is 14.8. The topological polar surface area (TPSA) is 86.0 Å². The normalized spacial score (nSPS) is 10.6. The molecule has 0 aliphatic carbocycles. The molecule has 0 fully saturated rings. The predicted octanol–water partition coefficient (Wildman–Crippen LogP) is 5.55.